The summed E-state index contributed by atoms with van der Waals surface area (Å²) in [7, 11) is 0. The number of pyridine rings is 1. The van der Waals surface area contributed by atoms with Gasteiger partial charge in [-0.2, -0.15) is 0 Å². The summed E-state index contributed by atoms with van der Waals surface area (Å²) in [5, 5.41) is 2.47. The molecule has 118 valence electrons. The minimum atomic E-state index is 0. The molecule has 0 spiro atoms. The van der Waals surface area contributed by atoms with E-state index in [9.17, 15) is 0 Å². The average molecular weight is 482 g/mol. The van der Waals surface area contributed by atoms with Crippen LogP contribution in [-0.4, -0.2) is 4.98 Å². The van der Waals surface area contributed by atoms with Crippen LogP contribution in [0.25, 0.3) is 22.0 Å². The van der Waals surface area contributed by atoms with Crippen LogP contribution in [0.3, 0.4) is 0 Å². The second-order valence-corrected chi connectivity index (χ2v) is 5.89. The molecule has 1 aromatic heterocycles. The molecule has 0 N–H and O–H groups in total. The van der Waals surface area contributed by atoms with E-state index in [2.05, 4.69) is 66.5 Å². The predicted molar refractivity (Wildman–Crippen MR) is 95.0 cm³/mol. The molecule has 0 radical (unpaired) electrons. The molecule has 0 saturated carbocycles. The Morgan fingerprint density at radius 1 is 0.826 bits per heavy atom. The first kappa shape index (κ1) is 17.8. The number of fused-ring (bicyclic) bond motifs is 1. The Labute approximate surface area is 152 Å². The van der Waals surface area contributed by atoms with Crippen molar-refractivity contribution in [3.05, 3.63) is 66.4 Å². The maximum Gasteiger partial charge on any atom is 3.00 e. The van der Waals surface area contributed by atoms with Crippen LogP contribution in [0.4, 0.5) is 0 Å². The SMILES string of the molecule is CCCCCCc1ccc(-c2nccc3ccccc23)cc1.[Ir+3]. The predicted octanol–water partition coefficient (Wildman–Crippen LogP) is 6.02. The minimum absolute atomic E-state index is 0. The van der Waals surface area contributed by atoms with Crippen molar-refractivity contribution in [1.29, 1.82) is 0 Å². The van der Waals surface area contributed by atoms with E-state index in [1.807, 2.05) is 6.20 Å². The van der Waals surface area contributed by atoms with Crippen molar-refractivity contribution in [2.75, 3.05) is 0 Å². The van der Waals surface area contributed by atoms with Gasteiger partial charge in [0.1, 0.15) is 0 Å². The molecule has 0 atom stereocenters. The number of benzene rings is 2. The van der Waals surface area contributed by atoms with Crippen LogP contribution >= 0.6 is 0 Å². The van der Waals surface area contributed by atoms with Gasteiger partial charge in [0, 0.05) is 17.1 Å². The number of aromatic nitrogens is 1. The van der Waals surface area contributed by atoms with Gasteiger partial charge in [-0.25, -0.2) is 0 Å². The topological polar surface area (TPSA) is 12.9 Å². The van der Waals surface area contributed by atoms with E-state index in [0.29, 0.717) is 0 Å². The summed E-state index contributed by atoms with van der Waals surface area (Å²) in [6.07, 6.45) is 8.35. The average Bonchev–Trinajstić information content (AvgIpc) is 2.59. The normalized spacial score (nSPS) is 10.5. The van der Waals surface area contributed by atoms with E-state index in [-0.39, 0.29) is 20.1 Å². The summed E-state index contributed by atoms with van der Waals surface area (Å²) >= 11 is 0. The van der Waals surface area contributed by atoms with Crippen molar-refractivity contribution in [3.63, 3.8) is 0 Å². The van der Waals surface area contributed by atoms with Crippen molar-refractivity contribution in [2.24, 2.45) is 0 Å². The summed E-state index contributed by atoms with van der Waals surface area (Å²) in [5.74, 6) is 0. The molecule has 0 fully saturated rings. The summed E-state index contributed by atoms with van der Waals surface area (Å²) in [6, 6.07) is 19.4. The first-order valence-corrected chi connectivity index (χ1v) is 8.31. The number of hydrogen-bond donors (Lipinski definition) is 0. The Balaban J connectivity index is 0.00000192. The van der Waals surface area contributed by atoms with E-state index in [4.69, 9.17) is 0 Å². The second-order valence-electron chi connectivity index (χ2n) is 5.89. The van der Waals surface area contributed by atoms with Crippen LogP contribution in [0.1, 0.15) is 38.2 Å². The quantitative estimate of drug-likeness (QED) is 0.392. The first-order chi connectivity index (χ1) is 10.9. The van der Waals surface area contributed by atoms with E-state index >= 15 is 0 Å². The molecule has 1 nitrogen and oxygen atoms in total. The molecule has 0 saturated heterocycles. The van der Waals surface area contributed by atoms with Crippen LogP contribution in [-0.2, 0) is 26.5 Å². The van der Waals surface area contributed by atoms with E-state index in [1.165, 1.54) is 54.0 Å². The summed E-state index contributed by atoms with van der Waals surface area (Å²) in [6.45, 7) is 2.26. The molecule has 0 unspecified atom stereocenters. The number of aryl methyl sites for hydroxylation is 1. The van der Waals surface area contributed by atoms with Crippen molar-refractivity contribution < 1.29 is 20.1 Å². The zero-order chi connectivity index (χ0) is 15.2. The molecule has 0 aliphatic heterocycles. The van der Waals surface area contributed by atoms with Gasteiger partial charge >= 0.3 is 20.1 Å². The molecule has 23 heavy (non-hydrogen) atoms. The molecule has 2 aromatic carbocycles. The molecule has 0 aliphatic carbocycles. The standard InChI is InChI=1S/C21H23N.Ir/c1-2-3-4-5-8-17-11-13-19(14-12-17)21-20-10-7-6-9-18(20)15-16-22-21;/h6-7,9-16H,2-5,8H2,1H3;/q;+3. The zero-order valence-electron chi connectivity index (χ0n) is 13.6. The molecule has 3 aromatic rings. The Morgan fingerprint density at radius 3 is 2.39 bits per heavy atom. The third-order valence-electron chi connectivity index (χ3n) is 4.22. The molecule has 0 bridgehead atoms. The fourth-order valence-electron chi connectivity index (χ4n) is 2.93. The molecule has 0 aliphatic rings. The zero-order valence-corrected chi connectivity index (χ0v) is 16.0. The van der Waals surface area contributed by atoms with Crippen molar-refractivity contribution in [2.45, 2.75) is 39.0 Å². The maximum atomic E-state index is 4.59. The van der Waals surface area contributed by atoms with Gasteiger partial charge in [-0.15, -0.1) is 0 Å². The number of unbranched alkanes of at least 4 members (excludes halogenated alkanes) is 3. The molecule has 0 amide bonds. The Morgan fingerprint density at radius 2 is 1.61 bits per heavy atom. The fourth-order valence-corrected chi connectivity index (χ4v) is 2.93. The van der Waals surface area contributed by atoms with Gasteiger partial charge in [0.05, 0.1) is 5.69 Å². The van der Waals surface area contributed by atoms with Crippen molar-refractivity contribution >= 4 is 10.8 Å². The van der Waals surface area contributed by atoms with Gasteiger partial charge < -0.3 is 0 Å². The summed E-state index contributed by atoms with van der Waals surface area (Å²) in [5.41, 5.74) is 3.71. The van der Waals surface area contributed by atoms with Crippen molar-refractivity contribution in [3.8, 4) is 11.3 Å². The van der Waals surface area contributed by atoms with E-state index in [0.717, 1.165) is 5.69 Å². The number of hydrogen-bond acceptors (Lipinski definition) is 1. The molecular weight excluding hydrogens is 458 g/mol. The Hall–Kier alpha value is -1.50. The largest absolute Gasteiger partial charge is 3.00 e. The second kappa shape index (κ2) is 8.96. The Kier molecular flexibility index (Phi) is 6.95. The van der Waals surface area contributed by atoms with Crippen molar-refractivity contribution in [1.82, 2.24) is 4.98 Å². The van der Waals surface area contributed by atoms with Crippen LogP contribution in [0.2, 0.25) is 0 Å². The van der Waals surface area contributed by atoms with Gasteiger partial charge in [-0.3, -0.25) is 4.98 Å². The van der Waals surface area contributed by atoms with E-state index in [1.54, 1.807) is 0 Å². The van der Waals surface area contributed by atoms with Gasteiger partial charge in [0.25, 0.3) is 0 Å². The van der Waals surface area contributed by atoms with Gasteiger partial charge in [-0.1, -0.05) is 74.7 Å². The van der Waals surface area contributed by atoms with E-state index < -0.39 is 0 Å². The third kappa shape index (κ3) is 4.50. The van der Waals surface area contributed by atoms with Gasteiger partial charge in [-0.05, 0) is 29.9 Å². The molecule has 1 heterocycles. The van der Waals surface area contributed by atoms with Gasteiger partial charge in [0.2, 0.25) is 0 Å². The van der Waals surface area contributed by atoms with Crippen LogP contribution in [0, 0.1) is 0 Å². The monoisotopic (exact) mass is 482 g/mol. The molecular formula is C21H23IrN+3. The Bertz CT molecular complexity index is 729. The number of nitrogens with zero attached hydrogens (tertiary/aromatic N) is 1. The number of rotatable bonds is 6. The molecule has 2 heteroatoms. The maximum absolute atomic E-state index is 4.59. The summed E-state index contributed by atoms with van der Waals surface area (Å²) in [4.78, 5) is 4.59. The minimum Gasteiger partial charge on any atom is -0.256 e. The summed E-state index contributed by atoms with van der Waals surface area (Å²) < 4.78 is 0. The van der Waals surface area contributed by atoms with Crippen LogP contribution in [0.5, 0.6) is 0 Å². The van der Waals surface area contributed by atoms with Crippen LogP contribution in [0.15, 0.2) is 60.8 Å². The third-order valence-corrected chi connectivity index (χ3v) is 4.22. The first-order valence-electron chi connectivity index (χ1n) is 8.31. The van der Waals surface area contributed by atoms with Crippen LogP contribution < -0.4 is 0 Å². The van der Waals surface area contributed by atoms with Gasteiger partial charge in [0.15, 0.2) is 0 Å². The molecule has 3 rings (SSSR count). The smallest absolute Gasteiger partial charge is 0.256 e. The fraction of sp³-hybridized carbons (Fsp3) is 0.286.